The van der Waals surface area contributed by atoms with Gasteiger partial charge in [-0.25, -0.2) is 14.8 Å². The zero-order valence-electron chi connectivity index (χ0n) is 18.9. The second-order valence-corrected chi connectivity index (χ2v) is 8.94. The highest BCUT2D eigenvalue weighted by Crippen LogP contribution is 2.48. The van der Waals surface area contributed by atoms with Crippen LogP contribution in [0.25, 0.3) is 44.8 Å². The van der Waals surface area contributed by atoms with Crippen LogP contribution in [0.15, 0.2) is 63.9 Å². The number of aryl methyl sites for hydroxylation is 1. The maximum atomic E-state index is 11.6. The van der Waals surface area contributed by atoms with Crippen molar-refractivity contribution in [3.63, 3.8) is 0 Å². The van der Waals surface area contributed by atoms with Crippen molar-refractivity contribution in [2.45, 2.75) is 19.9 Å². The van der Waals surface area contributed by atoms with Crippen LogP contribution in [0.2, 0.25) is 0 Å². The Kier molecular flexibility index (Phi) is 5.33. The van der Waals surface area contributed by atoms with Crippen molar-refractivity contribution in [2.24, 2.45) is 0 Å². The topological polar surface area (TPSA) is 136 Å². The number of pyridine rings is 1. The number of aromatic amines is 1. The molecule has 2 N–H and O–H groups in total. The number of nitrogens with zero attached hydrogens (tertiary/aromatic N) is 6. The number of carbonyl (C=O) groups is 1. The van der Waals surface area contributed by atoms with E-state index in [0.717, 1.165) is 43.7 Å². The highest BCUT2D eigenvalue weighted by atomic mass is 79.9. The zero-order chi connectivity index (χ0) is 24.8. The van der Waals surface area contributed by atoms with Gasteiger partial charge in [-0.1, -0.05) is 31.2 Å². The highest BCUT2D eigenvalue weighted by molar-refractivity contribution is 9.10. The normalized spacial score (nSPS) is 11.5. The van der Waals surface area contributed by atoms with Crippen LogP contribution in [-0.2, 0) is 13.0 Å². The van der Waals surface area contributed by atoms with Crippen molar-refractivity contribution < 1.29 is 14.3 Å². The van der Waals surface area contributed by atoms with Gasteiger partial charge in [0, 0.05) is 27.6 Å². The molecule has 2 aliphatic rings. The van der Waals surface area contributed by atoms with Gasteiger partial charge in [0.1, 0.15) is 11.3 Å². The Morgan fingerprint density at radius 3 is 2.67 bits per heavy atom. The van der Waals surface area contributed by atoms with Crippen LogP contribution in [-0.4, -0.2) is 46.2 Å². The van der Waals surface area contributed by atoms with E-state index >= 15 is 0 Å². The first kappa shape index (κ1) is 22.1. The average molecular weight is 544 g/mol. The molecule has 0 bridgehead atoms. The first-order chi connectivity index (χ1) is 17.6. The van der Waals surface area contributed by atoms with Crippen molar-refractivity contribution in [1.82, 2.24) is 35.2 Å². The predicted octanol–water partition coefficient (Wildman–Crippen LogP) is 5.05. The van der Waals surface area contributed by atoms with Gasteiger partial charge < -0.3 is 14.1 Å². The fourth-order valence-corrected chi connectivity index (χ4v) is 5.34. The summed E-state index contributed by atoms with van der Waals surface area (Å²) in [6.45, 7) is 2.43. The summed E-state index contributed by atoms with van der Waals surface area (Å²) in [5.41, 5.74) is 6.73. The molecule has 10 nitrogen and oxygen atoms in total. The average Bonchev–Trinajstić information content (AvgIpc) is 3.62. The van der Waals surface area contributed by atoms with E-state index in [2.05, 4.69) is 41.5 Å². The van der Waals surface area contributed by atoms with Crippen LogP contribution in [0, 0.1) is 0 Å². The molecule has 4 heterocycles. The van der Waals surface area contributed by atoms with Crippen LogP contribution in [0.4, 0.5) is 0 Å². The Morgan fingerprint density at radius 1 is 1.08 bits per heavy atom. The molecule has 1 aliphatic heterocycles. The number of benzene rings is 1. The van der Waals surface area contributed by atoms with E-state index < -0.39 is 5.97 Å². The highest BCUT2D eigenvalue weighted by Gasteiger charge is 2.27. The number of halogens is 1. The van der Waals surface area contributed by atoms with Gasteiger partial charge in [-0.2, -0.15) is 5.21 Å². The molecule has 0 saturated heterocycles. The molecule has 1 aliphatic carbocycles. The predicted molar refractivity (Wildman–Crippen MR) is 135 cm³/mol. The molecule has 0 atom stereocenters. The van der Waals surface area contributed by atoms with Crippen LogP contribution < -0.4 is 0 Å². The Morgan fingerprint density at radius 2 is 1.92 bits per heavy atom. The van der Waals surface area contributed by atoms with Gasteiger partial charge in [-0.15, -0.1) is 10.2 Å². The molecule has 0 unspecified atom stereocenters. The molecular weight excluding hydrogens is 526 g/mol. The Balaban J connectivity index is 1.62. The maximum Gasteiger partial charge on any atom is 0.354 e. The van der Waals surface area contributed by atoms with Crippen LogP contribution in [0.5, 0.6) is 0 Å². The summed E-state index contributed by atoms with van der Waals surface area (Å²) in [5, 5.41) is 24.2. The van der Waals surface area contributed by atoms with E-state index in [4.69, 9.17) is 9.40 Å². The number of imidazole rings is 1. The van der Waals surface area contributed by atoms with Crippen LogP contribution >= 0.6 is 15.9 Å². The molecular formula is C25H18BrN7O3. The summed E-state index contributed by atoms with van der Waals surface area (Å²) < 4.78 is 8.35. The number of carboxylic acids is 1. The standard InChI is InChI=1S/C25H18BrN7O3/c1-2-20-27-18-7-8-19(25(34)35)28-24(18)33(20)11-16-13-9-10-36-12-17(13)22(26)21(16)14-5-3-4-6-15(14)23-29-31-32-30-23/h3-10,12H,2,11H2,1H3,(H,34,35)(H,29,30,31,32). The third-order valence-electron chi connectivity index (χ3n) is 6.18. The monoisotopic (exact) mass is 543 g/mol. The largest absolute Gasteiger partial charge is 0.477 e. The Bertz CT molecular complexity index is 1700. The van der Waals surface area contributed by atoms with Crippen molar-refractivity contribution in [3.8, 4) is 33.6 Å². The first-order valence-electron chi connectivity index (χ1n) is 11.2. The zero-order valence-corrected chi connectivity index (χ0v) is 20.5. The van der Waals surface area contributed by atoms with Gasteiger partial charge >= 0.3 is 5.97 Å². The second kappa shape index (κ2) is 8.68. The second-order valence-electron chi connectivity index (χ2n) is 8.14. The van der Waals surface area contributed by atoms with Crippen LogP contribution in [0.1, 0.15) is 28.8 Å². The maximum absolute atomic E-state index is 11.6. The van der Waals surface area contributed by atoms with Gasteiger partial charge in [0.05, 0.1) is 19.1 Å². The number of fused-ring (bicyclic) bond motifs is 2. The smallest absolute Gasteiger partial charge is 0.354 e. The summed E-state index contributed by atoms with van der Waals surface area (Å²) in [5.74, 6) is 0.206. The fraction of sp³-hybridized carbons (Fsp3) is 0.120. The molecule has 4 aromatic rings. The molecule has 3 aromatic heterocycles. The number of hydrogen-bond donors (Lipinski definition) is 2. The van der Waals surface area contributed by atoms with Crippen molar-refractivity contribution in [1.29, 1.82) is 0 Å². The lowest BCUT2D eigenvalue weighted by atomic mass is 9.97. The van der Waals surface area contributed by atoms with Gasteiger partial charge in [0.15, 0.2) is 11.3 Å². The van der Waals surface area contributed by atoms with Gasteiger partial charge in [0.2, 0.25) is 5.82 Å². The molecule has 11 heteroatoms. The minimum Gasteiger partial charge on any atom is -0.477 e. The number of aromatic carboxylic acids is 1. The summed E-state index contributed by atoms with van der Waals surface area (Å²) in [7, 11) is 0. The van der Waals surface area contributed by atoms with Crippen molar-refractivity contribution >= 4 is 33.1 Å². The molecule has 0 saturated carbocycles. The number of hydrogen-bond acceptors (Lipinski definition) is 7. The minimum absolute atomic E-state index is 0.0266. The number of nitrogens with one attached hydrogen (secondary N) is 1. The molecule has 178 valence electrons. The lowest BCUT2D eigenvalue weighted by Crippen LogP contribution is -2.08. The molecule has 0 spiro atoms. The molecule has 0 fully saturated rings. The number of aromatic nitrogens is 7. The lowest BCUT2D eigenvalue weighted by molar-refractivity contribution is 0.0691. The third kappa shape index (κ3) is 3.47. The Hall–Kier alpha value is -4.38. The minimum atomic E-state index is -1.08. The molecule has 6 rings (SSSR count). The van der Waals surface area contributed by atoms with E-state index in [9.17, 15) is 9.90 Å². The quantitative estimate of drug-likeness (QED) is 0.298. The van der Waals surface area contributed by atoms with E-state index in [-0.39, 0.29) is 5.69 Å². The number of carboxylic acid groups (broad SMARTS) is 1. The van der Waals surface area contributed by atoms with E-state index in [1.807, 2.05) is 41.8 Å². The fourth-order valence-electron chi connectivity index (χ4n) is 4.58. The number of rotatable bonds is 6. The molecule has 0 radical (unpaired) electrons. The van der Waals surface area contributed by atoms with Gasteiger partial charge in [-0.3, -0.25) is 0 Å². The Labute approximate surface area is 212 Å². The summed E-state index contributed by atoms with van der Waals surface area (Å²) in [6, 6.07) is 13.0. The summed E-state index contributed by atoms with van der Waals surface area (Å²) >= 11 is 3.81. The molecule has 1 aromatic carbocycles. The third-order valence-corrected chi connectivity index (χ3v) is 7.00. The molecule has 0 amide bonds. The van der Waals surface area contributed by atoms with Crippen LogP contribution in [0.3, 0.4) is 0 Å². The number of tetrazole rings is 1. The van der Waals surface area contributed by atoms with Gasteiger partial charge in [-0.05, 0) is 56.0 Å². The van der Waals surface area contributed by atoms with Gasteiger partial charge in [0.25, 0.3) is 0 Å². The van der Waals surface area contributed by atoms with Crippen molar-refractivity contribution in [3.05, 3.63) is 76.5 Å². The van der Waals surface area contributed by atoms with E-state index in [1.54, 1.807) is 18.6 Å². The summed E-state index contributed by atoms with van der Waals surface area (Å²) in [6.07, 6.45) is 4.00. The van der Waals surface area contributed by atoms with E-state index in [1.165, 1.54) is 6.07 Å². The lowest BCUT2D eigenvalue weighted by Gasteiger charge is -2.13. The van der Waals surface area contributed by atoms with Crippen molar-refractivity contribution in [2.75, 3.05) is 0 Å². The SMILES string of the molecule is CCc1nc2ccc(C(=O)O)nc2n1Cc1c2ccocc-2c(Br)c1-c1ccccc1-c1nn[nH]n1. The summed E-state index contributed by atoms with van der Waals surface area (Å²) in [4.78, 5) is 20.8. The molecule has 36 heavy (non-hydrogen) atoms. The number of H-pyrrole nitrogens is 1. The first-order valence-corrected chi connectivity index (χ1v) is 11.9. The van der Waals surface area contributed by atoms with E-state index in [0.29, 0.717) is 30.0 Å².